The molecule has 0 bridgehead atoms. The summed E-state index contributed by atoms with van der Waals surface area (Å²) in [5, 5.41) is 8.90. The minimum absolute atomic E-state index is 0.0464. The van der Waals surface area contributed by atoms with Crippen molar-refractivity contribution in [3.63, 3.8) is 0 Å². The van der Waals surface area contributed by atoms with Gasteiger partial charge in [0.2, 0.25) is 0 Å². The highest BCUT2D eigenvalue weighted by atomic mass is 16.5. The number of carbonyl (C=O) groups is 1. The Morgan fingerprint density at radius 3 is 2.96 bits per heavy atom. The molecule has 2 aliphatic heterocycles. The molecule has 2 aromatic rings. The molecule has 0 saturated carbocycles. The third-order valence-electron chi connectivity index (χ3n) is 4.92. The first-order valence-electron chi connectivity index (χ1n) is 8.99. The summed E-state index contributed by atoms with van der Waals surface area (Å²) in [6.07, 6.45) is 6.45. The minimum Gasteiger partial charge on any atom is -0.485 e. The van der Waals surface area contributed by atoms with E-state index in [1.54, 1.807) is 23.4 Å². The van der Waals surface area contributed by atoms with Gasteiger partial charge in [-0.1, -0.05) is 0 Å². The highest BCUT2D eigenvalue weighted by molar-refractivity contribution is 5.93. The largest absolute Gasteiger partial charge is 0.485 e. The number of hydrogen-bond donors (Lipinski definition) is 1. The number of rotatable bonds is 4. The molecular weight excluding hydrogens is 330 g/mol. The number of aromatic amines is 1. The number of pyridine rings is 1. The molecule has 7 heteroatoms. The van der Waals surface area contributed by atoms with E-state index in [2.05, 4.69) is 14.9 Å². The van der Waals surface area contributed by atoms with Gasteiger partial charge < -0.3 is 19.5 Å². The number of nitrogens with one attached hydrogen (secondary N) is 1. The quantitative estimate of drug-likeness (QED) is 0.912. The number of amides is 1. The summed E-state index contributed by atoms with van der Waals surface area (Å²) in [5.74, 6) is 1.60. The van der Waals surface area contributed by atoms with E-state index in [0.29, 0.717) is 24.3 Å². The van der Waals surface area contributed by atoms with Gasteiger partial charge in [0.1, 0.15) is 17.9 Å². The summed E-state index contributed by atoms with van der Waals surface area (Å²) in [4.78, 5) is 24.0. The van der Waals surface area contributed by atoms with Crippen molar-refractivity contribution in [1.29, 1.82) is 5.26 Å². The second kappa shape index (κ2) is 7.08. The molecule has 0 spiro atoms. The van der Waals surface area contributed by atoms with Gasteiger partial charge in [-0.25, -0.2) is 4.98 Å². The van der Waals surface area contributed by atoms with Gasteiger partial charge in [0.05, 0.1) is 12.1 Å². The molecule has 7 nitrogen and oxygen atoms in total. The predicted octanol–water partition coefficient (Wildman–Crippen LogP) is 2.18. The summed E-state index contributed by atoms with van der Waals surface area (Å²) < 4.78 is 6.20. The van der Waals surface area contributed by atoms with Gasteiger partial charge in [-0.15, -0.1) is 0 Å². The highest BCUT2D eigenvalue weighted by Crippen LogP contribution is 2.30. The number of H-pyrrole nitrogens is 1. The van der Waals surface area contributed by atoms with E-state index in [1.165, 1.54) is 12.8 Å². The Balaban J connectivity index is 1.42. The fourth-order valence-corrected chi connectivity index (χ4v) is 3.58. The summed E-state index contributed by atoms with van der Waals surface area (Å²) >= 11 is 0. The van der Waals surface area contributed by atoms with Crippen molar-refractivity contribution >= 4 is 11.7 Å². The Labute approximate surface area is 152 Å². The third kappa shape index (κ3) is 3.23. The van der Waals surface area contributed by atoms with E-state index in [1.807, 2.05) is 18.2 Å². The maximum absolute atomic E-state index is 12.6. The van der Waals surface area contributed by atoms with E-state index >= 15 is 0 Å². The number of ether oxygens (including phenoxy) is 1. The molecule has 1 N–H and O–H groups in total. The lowest BCUT2D eigenvalue weighted by atomic mass is 10.3. The predicted molar refractivity (Wildman–Crippen MR) is 96.1 cm³/mol. The van der Waals surface area contributed by atoms with Gasteiger partial charge in [0.15, 0.2) is 11.6 Å². The maximum atomic E-state index is 12.6. The Morgan fingerprint density at radius 1 is 1.35 bits per heavy atom. The smallest absolute Gasteiger partial charge is 0.270 e. The van der Waals surface area contributed by atoms with Gasteiger partial charge in [-0.3, -0.25) is 4.79 Å². The van der Waals surface area contributed by atoms with Crippen LogP contribution in [0, 0.1) is 11.3 Å². The average molecular weight is 351 g/mol. The molecule has 0 radical (unpaired) electrons. The van der Waals surface area contributed by atoms with E-state index in [0.717, 1.165) is 31.1 Å². The van der Waals surface area contributed by atoms with Gasteiger partial charge in [-0.05, 0) is 31.0 Å². The molecule has 4 rings (SSSR count). The molecule has 2 aliphatic rings. The second-order valence-electron chi connectivity index (χ2n) is 6.71. The van der Waals surface area contributed by atoms with Crippen LogP contribution in [0.25, 0.3) is 0 Å². The van der Waals surface area contributed by atoms with Crippen molar-refractivity contribution in [3.8, 4) is 11.8 Å². The number of carbonyl (C=O) groups excluding carboxylic acids is 1. The van der Waals surface area contributed by atoms with E-state index in [9.17, 15) is 4.79 Å². The molecule has 0 aromatic carbocycles. The van der Waals surface area contributed by atoms with Gasteiger partial charge in [0, 0.05) is 38.4 Å². The molecular formula is C19H21N5O2. The summed E-state index contributed by atoms with van der Waals surface area (Å²) in [5.41, 5.74) is 0.910. The lowest BCUT2D eigenvalue weighted by molar-refractivity contribution is 0.0767. The third-order valence-corrected chi connectivity index (χ3v) is 4.92. The van der Waals surface area contributed by atoms with Crippen LogP contribution in [0.2, 0.25) is 0 Å². The van der Waals surface area contributed by atoms with Crippen LogP contribution in [0.1, 0.15) is 35.3 Å². The first-order valence-corrected chi connectivity index (χ1v) is 8.99. The minimum atomic E-state index is -0.0939. The lowest BCUT2D eigenvalue weighted by Crippen LogP contribution is -2.31. The first-order chi connectivity index (χ1) is 12.7. The van der Waals surface area contributed by atoms with Crippen molar-refractivity contribution in [2.45, 2.75) is 25.4 Å². The van der Waals surface area contributed by atoms with Crippen molar-refractivity contribution in [2.24, 2.45) is 0 Å². The summed E-state index contributed by atoms with van der Waals surface area (Å²) in [7, 11) is 0. The molecule has 0 aliphatic carbocycles. The highest BCUT2D eigenvalue weighted by Gasteiger charge is 2.30. The molecule has 0 unspecified atom stereocenters. The Kier molecular flexibility index (Phi) is 4.48. The van der Waals surface area contributed by atoms with Crippen molar-refractivity contribution in [3.05, 3.63) is 41.9 Å². The molecule has 134 valence electrons. The van der Waals surface area contributed by atoms with Crippen LogP contribution >= 0.6 is 0 Å². The molecule has 1 amide bonds. The Hall–Kier alpha value is -3.01. The normalized spacial score (nSPS) is 19.6. The van der Waals surface area contributed by atoms with Crippen LogP contribution in [-0.2, 0) is 0 Å². The molecule has 26 heavy (non-hydrogen) atoms. The number of nitrogens with zero attached hydrogens (tertiary/aromatic N) is 4. The number of nitriles is 1. The van der Waals surface area contributed by atoms with E-state index < -0.39 is 0 Å². The lowest BCUT2D eigenvalue weighted by Gasteiger charge is -2.22. The number of hydrogen-bond acceptors (Lipinski definition) is 5. The monoisotopic (exact) mass is 351 g/mol. The van der Waals surface area contributed by atoms with Gasteiger partial charge >= 0.3 is 0 Å². The van der Waals surface area contributed by atoms with Crippen LogP contribution in [-0.4, -0.2) is 53.1 Å². The standard InChI is InChI=1S/C19H21N5O2/c20-11-14-10-16(22-12-14)19(25)24-9-5-15(13-24)26-17-4-3-6-21-18(17)23-7-1-2-8-23/h3-4,6,10,12,15,22H,1-2,5,7-9,13H2/t15-/m1/s1. The van der Waals surface area contributed by atoms with E-state index in [4.69, 9.17) is 10.00 Å². The van der Waals surface area contributed by atoms with E-state index in [-0.39, 0.29) is 12.0 Å². The molecule has 2 fully saturated rings. The van der Waals surface area contributed by atoms with Crippen molar-refractivity contribution < 1.29 is 9.53 Å². The fraction of sp³-hybridized carbons (Fsp3) is 0.421. The van der Waals surface area contributed by atoms with Crippen molar-refractivity contribution in [1.82, 2.24) is 14.9 Å². The maximum Gasteiger partial charge on any atom is 0.270 e. The molecule has 1 atom stereocenters. The molecule has 2 aromatic heterocycles. The van der Waals surface area contributed by atoms with Crippen LogP contribution in [0.5, 0.6) is 5.75 Å². The Bertz CT molecular complexity index is 834. The zero-order valence-electron chi connectivity index (χ0n) is 14.5. The zero-order chi connectivity index (χ0) is 17.9. The average Bonchev–Trinajstić information content (AvgIpc) is 3.42. The summed E-state index contributed by atoms with van der Waals surface area (Å²) in [6, 6.07) is 7.45. The summed E-state index contributed by atoms with van der Waals surface area (Å²) in [6.45, 7) is 3.20. The number of anilines is 1. The van der Waals surface area contributed by atoms with Gasteiger partial charge in [-0.2, -0.15) is 5.26 Å². The molecule has 4 heterocycles. The number of aromatic nitrogens is 2. The SMILES string of the molecule is N#Cc1c[nH]c(C(=O)N2CC[C@@H](Oc3cccnc3N3CCCC3)C2)c1. The Morgan fingerprint density at radius 2 is 2.19 bits per heavy atom. The van der Waals surface area contributed by atoms with Crippen molar-refractivity contribution in [2.75, 3.05) is 31.1 Å². The van der Waals surface area contributed by atoms with Crippen LogP contribution < -0.4 is 9.64 Å². The van der Waals surface area contributed by atoms with Gasteiger partial charge in [0.25, 0.3) is 5.91 Å². The fourth-order valence-electron chi connectivity index (χ4n) is 3.58. The first kappa shape index (κ1) is 16.5. The number of likely N-dealkylation sites (tertiary alicyclic amines) is 1. The topological polar surface area (TPSA) is 85.2 Å². The van der Waals surface area contributed by atoms with Crippen LogP contribution in [0.4, 0.5) is 5.82 Å². The molecule has 2 saturated heterocycles. The zero-order valence-corrected chi connectivity index (χ0v) is 14.5. The van der Waals surface area contributed by atoms with Crippen LogP contribution in [0.3, 0.4) is 0 Å². The van der Waals surface area contributed by atoms with Crippen LogP contribution in [0.15, 0.2) is 30.6 Å². The second-order valence-corrected chi connectivity index (χ2v) is 6.71.